The molecule has 0 aromatic heterocycles. The SMILES string of the molecule is O=C1NC2(CCNC2)N=C1c1ccc(F)cc1. The molecule has 5 heteroatoms. The number of benzene rings is 1. The Morgan fingerprint density at radius 2 is 2.06 bits per heavy atom. The molecule has 0 aliphatic carbocycles. The highest BCUT2D eigenvalue weighted by Gasteiger charge is 2.41. The van der Waals surface area contributed by atoms with E-state index in [4.69, 9.17) is 0 Å². The number of hydrogen-bond donors (Lipinski definition) is 2. The molecule has 0 bridgehead atoms. The van der Waals surface area contributed by atoms with Crippen molar-refractivity contribution in [3.8, 4) is 0 Å². The molecule has 1 saturated heterocycles. The molecule has 2 aliphatic rings. The Labute approximate surface area is 97.9 Å². The van der Waals surface area contributed by atoms with Gasteiger partial charge in [0, 0.05) is 18.5 Å². The summed E-state index contributed by atoms with van der Waals surface area (Å²) in [6.07, 6.45) is 0.795. The van der Waals surface area contributed by atoms with Gasteiger partial charge in [0.25, 0.3) is 5.91 Å². The van der Waals surface area contributed by atoms with Gasteiger partial charge in [0.15, 0.2) is 0 Å². The number of carbonyl (C=O) groups is 1. The summed E-state index contributed by atoms with van der Waals surface area (Å²) >= 11 is 0. The molecule has 0 radical (unpaired) electrons. The van der Waals surface area contributed by atoms with Crippen LogP contribution < -0.4 is 10.6 Å². The number of halogens is 1. The molecule has 1 spiro atoms. The second kappa shape index (κ2) is 3.63. The molecule has 1 aromatic carbocycles. The third-order valence-electron chi connectivity index (χ3n) is 3.14. The first-order valence-electron chi connectivity index (χ1n) is 5.58. The third-order valence-corrected chi connectivity index (χ3v) is 3.14. The lowest BCUT2D eigenvalue weighted by Gasteiger charge is -2.17. The van der Waals surface area contributed by atoms with Crippen molar-refractivity contribution in [2.45, 2.75) is 12.1 Å². The second-order valence-corrected chi connectivity index (χ2v) is 4.38. The maximum atomic E-state index is 12.8. The molecule has 1 unspecified atom stereocenters. The normalized spacial score (nSPS) is 27.4. The van der Waals surface area contributed by atoms with E-state index in [1.165, 1.54) is 12.1 Å². The van der Waals surface area contributed by atoms with Crippen molar-refractivity contribution in [1.82, 2.24) is 10.6 Å². The van der Waals surface area contributed by atoms with Crippen molar-refractivity contribution in [1.29, 1.82) is 0 Å². The predicted octanol–water partition coefficient (Wildman–Crippen LogP) is 0.434. The van der Waals surface area contributed by atoms with E-state index in [-0.39, 0.29) is 11.7 Å². The maximum Gasteiger partial charge on any atom is 0.272 e. The largest absolute Gasteiger partial charge is 0.325 e. The van der Waals surface area contributed by atoms with Crippen molar-refractivity contribution in [2.75, 3.05) is 13.1 Å². The number of aliphatic imine (C=N–C) groups is 1. The van der Waals surface area contributed by atoms with E-state index in [0.29, 0.717) is 17.8 Å². The van der Waals surface area contributed by atoms with Crippen LogP contribution in [0.5, 0.6) is 0 Å². The topological polar surface area (TPSA) is 53.5 Å². The average Bonchev–Trinajstić information content (AvgIpc) is 2.88. The summed E-state index contributed by atoms with van der Waals surface area (Å²) in [5.41, 5.74) is 0.572. The molecule has 3 rings (SSSR count). The third kappa shape index (κ3) is 1.72. The van der Waals surface area contributed by atoms with Gasteiger partial charge in [-0.1, -0.05) is 0 Å². The minimum Gasteiger partial charge on any atom is -0.325 e. The molecule has 2 aliphatic heterocycles. The molecular weight excluding hydrogens is 221 g/mol. The standard InChI is InChI=1S/C12H12FN3O/c13-9-3-1-8(2-4-9)10-11(17)16-12(15-10)5-6-14-7-12/h1-4,14H,5-7H2,(H,16,17). The highest BCUT2D eigenvalue weighted by Crippen LogP contribution is 2.23. The Morgan fingerprint density at radius 3 is 2.71 bits per heavy atom. The molecular formula is C12H12FN3O. The Bertz CT molecular complexity index is 489. The molecule has 1 atom stereocenters. The van der Waals surface area contributed by atoms with Gasteiger partial charge in [0.1, 0.15) is 17.2 Å². The molecule has 0 saturated carbocycles. The maximum absolute atomic E-state index is 12.8. The Kier molecular flexibility index (Phi) is 2.22. The second-order valence-electron chi connectivity index (χ2n) is 4.38. The van der Waals surface area contributed by atoms with Crippen LogP contribution in [0, 0.1) is 5.82 Å². The molecule has 1 amide bonds. The molecule has 4 nitrogen and oxygen atoms in total. The average molecular weight is 233 g/mol. The zero-order valence-corrected chi connectivity index (χ0v) is 9.16. The lowest BCUT2D eigenvalue weighted by molar-refractivity contribution is -0.115. The van der Waals surface area contributed by atoms with E-state index in [1.807, 2.05) is 0 Å². The van der Waals surface area contributed by atoms with E-state index in [0.717, 1.165) is 13.0 Å². The van der Waals surface area contributed by atoms with Crippen LogP contribution in [0.2, 0.25) is 0 Å². The summed E-state index contributed by atoms with van der Waals surface area (Å²) in [5, 5.41) is 6.07. The van der Waals surface area contributed by atoms with Crippen molar-refractivity contribution in [2.24, 2.45) is 4.99 Å². The van der Waals surface area contributed by atoms with Crippen LogP contribution in [0.25, 0.3) is 0 Å². The number of rotatable bonds is 1. The summed E-state index contributed by atoms with van der Waals surface area (Å²) in [6, 6.07) is 5.83. The Hall–Kier alpha value is -1.75. The molecule has 88 valence electrons. The first kappa shape index (κ1) is 10.4. The van der Waals surface area contributed by atoms with Gasteiger partial charge in [-0.3, -0.25) is 4.79 Å². The molecule has 2 heterocycles. The van der Waals surface area contributed by atoms with Crippen LogP contribution >= 0.6 is 0 Å². The van der Waals surface area contributed by atoms with E-state index < -0.39 is 5.66 Å². The summed E-state index contributed by atoms with van der Waals surface area (Å²) in [6.45, 7) is 1.50. The van der Waals surface area contributed by atoms with Crippen molar-refractivity contribution in [3.05, 3.63) is 35.6 Å². The number of hydrogen-bond acceptors (Lipinski definition) is 3. The first-order chi connectivity index (χ1) is 8.19. The van der Waals surface area contributed by atoms with Crippen molar-refractivity contribution < 1.29 is 9.18 Å². The smallest absolute Gasteiger partial charge is 0.272 e. The van der Waals surface area contributed by atoms with Crippen LogP contribution in [0.1, 0.15) is 12.0 Å². The minimum atomic E-state index is -0.485. The predicted molar refractivity (Wildman–Crippen MR) is 61.3 cm³/mol. The zero-order valence-electron chi connectivity index (χ0n) is 9.16. The molecule has 1 aromatic rings. The van der Waals surface area contributed by atoms with Gasteiger partial charge in [-0.15, -0.1) is 0 Å². The summed E-state index contributed by atoms with van der Waals surface area (Å²) in [7, 11) is 0. The zero-order chi connectivity index (χ0) is 11.9. The fraction of sp³-hybridized carbons (Fsp3) is 0.333. The first-order valence-corrected chi connectivity index (χ1v) is 5.58. The van der Waals surface area contributed by atoms with Gasteiger partial charge in [-0.25, -0.2) is 9.38 Å². The van der Waals surface area contributed by atoms with Gasteiger partial charge < -0.3 is 10.6 Å². The van der Waals surface area contributed by atoms with Gasteiger partial charge in [-0.05, 0) is 30.8 Å². The molecule has 1 fully saturated rings. The van der Waals surface area contributed by atoms with Gasteiger partial charge in [0.2, 0.25) is 0 Å². The number of nitrogens with zero attached hydrogens (tertiary/aromatic N) is 1. The van der Waals surface area contributed by atoms with Gasteiger partial charge in [0.05, 0.1) is 0 Å². The van der Waals surface area contributed by atoms with E-state index in [9.17, 15) is 9.18 Å². The lowest BCUT2D eigenvalue weighted by atomic mass is 10.1. The molecule has 17 heavy (non-hydrogen) atoms. The number of amides is 1. The van der Waals surface area contributed by atoms with Gasteiger partial charge in [-0.2, -0.15) is 0 Å². The lowest BCUT2D eigenvalue weighted by Crippen LogP contribution is -2.44. The van der Waals surface area contributed by atoms with Crippen LogP contribution in [-0.4, -0.2) is 30.4 Å². The highest BCUT2D eigenvalue weighted by molar-refractivity contribution is 6.46. The Morgan fingerprint density at radius 1 is 1.29 bits per heavy atom. The van der Waals surface area contributed by atoms with Crippen LogP contribution in [0.15, 0.2) is 29.3 Å². The summed E-state index contributed by atoms with van der Waals surface area (Å²) < 4.78 is 12.8. The Balaban J connectivity index is 1.97. The fourth-order valence-corrected chi connectivity index (χ4v) is 2.25. The van der Waals surface area contributed by atoms with Gasteiger partial charge >= 0.3 is 0 Å². The fourth-order valence-electron chi connectivity index (χ4n) is 2.25. The van der Waals surface area contributed by atoms with E-state index in [2.05, 4.69) is 15.6 Å². The number of carbonyl (C=O) groups excluding carboxylic acids is 1. The van der Waals surface area contributed by atoms with E-state index in [1.54, 1.807) is 12.1 Å². The quantitative estimate of drug-likeness (QED) is 0.739. The minimum absolute atomic E-state index is 0.180. The van der Waals surface area contributed by atoms with Crippen LogP contribution in [-0.2, 0) is 4.79 Å². The molecule has 2 N–H and O–H groups in total. The van der Waals surface area contributed by atoms with Crippen molar-refractivity contribution >= 4 is 11.6 Å². The number of nitrogens with one attached hydrogen (secondary N) is 2. The van der Waals surface area contributed by atoms with Crippen LogP contribution in [0.4, 0.5) is 4.39 Å². The van der Waals surface area contributed by atoms with E-state index >= 15 is 0 Å². The monoisotopic (exact) mass is 233 g/mol. The van der Waals surface area contributed by atoms with Crippen LogP contribution in [0.3, 0.4) is 0 Å². The summed E-state index contributed by atoms with van der Waals surface area (Å²) in [5.74, 6) is -0.495. The van der Waals surface area contributed by atoms with Crippen molar-refractivity contribution in [3.63, 3.8) is 0 Å². The highest BCUT2D eigenvalue weighted by atomic mass is 19.1. The summed E-state index contributed by atoms with van der Waals surface area (Å²) in [4.78, 5) is 16.3.